The molecule has 1 heterocycles. The average molecular weight is 387 g/mol. The summed E-state index contributed by atoms with van der Waals surface area (Å²) >= 11 is 0. The maximum Gasteiger partial charge on any atom is 0.258 e. The van der Waals surface area contributed by atoms with Crippen molar-refractivity contribution in [2.45, 2.75) is 25.7 Å². The van der Waals surface area contributed by atoms with Crippen LogP contribution in [0.15, 0.2) is 54.7 Å². The van der Waals surface area contributed by atoms with E-state index in [4.69, 9.17) is 4.74 Å². The van der Waals surface area contributed by atoms with Crippen LogP contribution in [-0.2, 0) is 6.42 Å². The summed E-state index contributed by atoms with van der Waals surface area (Å²) in [5, 5.41) is 2.71. The number of nitrogens with zero attached hydrogens (tertiary/aromatic N) is 2. The van der Waals surface area contributed by atoms with E-state index >= 15 is 0 Å². The van der Waals surface area contributed by atoms with Crippen molar-refractivity contribution in [2.75, 3.05) is 12.4 Å². The molecule has 1 aliphatic carbocycles. The molecule has 1 N–H and O–H groups in total. The van der Waals surface area contributed by atoms with E-state index in [0.29, 0.717) is 35.4 Å². The van der Waals surface area contributed by atoms with Gasteiger partial charge in [0.1, 0.15) is 5.75 Å². The molecule has 1 atom stereocenters. The standard InChI is InChI=1S/C23H21N3O3/c1-14-3-5-15(6-4-14)17-11-20-19(21(27)12-17)13-24-23(25-20)26-22(28)16-7-9-18(29-2)10-8-16/h3-10,13,17H,11-12H2,1-2H3,(H,24,25,26,28). The molecule has 0 saturated heterocycles. The zero-order chi connectivity index (χ0) is 20.4. The second-order valence-electron chi connectivity index (χ2n) is 7.18. The van der Waals surface area contributed by atoms with Crippen LogP contribution in [0.3, 0.4) is 0 Å². The number of Topliss-reactive ketones (excluding diaryl/α,β-unsaturated/α-hetero) is 1. The molecule has 6 heteroatoms. The first-order valence-electron chi connectivity index (χ1n) is 9.44. The fourth-order valence-electron chi connectivity index (χ4n) is 3.50. The summed E-state index contributed by atoms with van der Waals surface area (Å²) in [5.41, 5.74) is 3.99. The van der Waals surface area contributed by atoms with Gasteiger partial charge in [-0.25, -0.2) is 9.97 Å². The number of anilines is 1. The predicted octanol–water partition coefficient (Wildman–Crippen LogP) is 3.96. The molecule has 146 valence electrons. The third-order valence-electron chi connectivity index (χ3n) is 5.17. The van der Waals surface area contributed by atoms with Crippen molar-refractivity contribution in [1.29, 1.82) is 0 Å². The van der Waals surface area contributed by atoms with Crippen molar-refractivity contribution in [1.82, 2.24) is 9.97 Å². The summed E-state index contributed by atoms with van der Waals surface area (Å²) in [5.74, 6) is 0.666. The number of carbonyl (C=O) groups excluding carboxylic acids is 2. The summed E-state index contributed by atoms with van der Waals surface area (Å²) in [7, 11) is 1.57. The van der Waals surface area contributed by atoms with Crippen LogP contribution in [0, 0.1) is 6.92 Å². The molecule has 1 aromatic heterocycles. The number of ether oxygens (including phenoxy) is 1. The molecule has 0 aliphatic heterocycles. The van der Waals surface area contributed by atoms with E-state index in [2.05, 4.69) is 39.6 Å². The van der Waals surface area contributed by atoms with Crippen molar-refractivity contribution in [3.05, 3.63) is 82.7 Å². The highest BCUT2D eigenvalue weighted by Gasteiger charge is 2.28. The topological polar surface area (TPSA) is 81.2 Å². The Labute approximate surface area is 169 Å². The minimum atomic E-state index is -0.315. The van der Waals surface area contributed by atoms with Crippen molar-refractivity contribution in [3.63, 3.8) is 0 Å². The van der Waals surface area contributed by atoms with Crippen molar-refractivity contribution < 1.29 is 14.3 Å². The van der Waals surface area contributed by atoms with Gasteiger partial charge in [0.2, 0.25) is 5.95 Å². The lowest BCUT2D eigenvalue weighted by atomic mass is 9.82. The predicted molar refractivity (Wildman–Crippen MR) is 110 cm³/mol. The second-order valence-corrected chi connectivity index (χ2v) is 7.18. The lowest BCUT2D eigenvalue weighted by Crippen LogP contribution is -2.22. The Balaban J connectivity index is 1.54. The minimum Gasteiger partial charge on any atom is -0.497 e. The van der Waals surface area contributed by atoms with Crippen LogP contribution in [0.4, 0.5) is 5.95 Å². The van der Waals surface area contributed by atoms with E-state index in [1.807, 2.05) is 6.92 Å². The van der Waals surface area contributed by atoms with Crippen LogP contribution < -0.4 is 10.1 Å². The van der Waals surface area contributed by atoms with Gasteiger partial charge in [-0.2, -0.15) is 0 Å². The molecule has 1 amide bonds. The average Bonchev–Trinajstić information content (AvgIpc) is 2.74. The number of aryl methyl sites for hydroxylation is 1. The lowest BCUT2D eigenvalue weighted by Gasteiger charge is -2.23. The van der Waals surface area contributed by atoms with Gasteiger partial charge < -0.3 is 4.74 Å². The molecule has 0 bridgehead atoms. The third kappa shape index (κ3) is 4.01. The number of amides is 1. The van der Waals surface area contributed by atoms with Gasteiger partial charge in [-0.3, -0.25) is 14.9 Å². The molecule has 29 heavy (non-hydrogen) atoms. The van der Waals surface area contributed by atoms with Crippen LogP contribution in [0.5, 0.6) is 5.75 Å². The number of methoxy groups -OCH3 is 1. The molecule has 2 aromatic carbocycles. The first-order chi connectivity index (χ1) is 14.0. The van der Waals surface area contributed by atoms with Crippen LogP contribution in [0.25, 0.3) is 0 Å². The van der Waals surface area contributed by atoms with Gasteiger partial charge in [0.15, 0.2) is 5.78 Å². The van der Waals surface area contributed by atoms with Gasteiger partial charge in [-0.05, 0) is 49.1 Å². The van der Waals surface area contributed by atoms with Crippen molar-refractivity contribution >= 4 is 17.6 Å². The molecular formula is C23H21N3O3. The lowest BCUT2D eigenvalue weighted by molar-refractivity contribution is 0.0962. The number of aromatic nitrogens is 2. The van der Waals surface area contributed by atoms with E-state index in [1.165, 1.54) is 11.8 Å². The van der Waals surface area contributed by atoms with Gasteiger partial charge in [0.25, 0.3) is 5.91 Å². The van der Waals surface area contributed by atoms with Gasteiger partial charge in [-0.1, -0.05) is 29.8 Å². The van der Waals surface area contributed by atoms with Crippen LogP contribution in [0.1, 0.15) is 49.9 Å². The van der Waals surface area contributed by atoms with Gasteiger partial charge in [0, 0.05) is 18.2 Å². The van der Waals surface area contributed by atoms with Crippen molar-refractivity contribution in [2.24, 2.45) is 0 Å². The Morgan fingerprint density at radius 3 is 2.48 bits per heavy atom. The highest BCUT2D eigenvalue weighted by Crippen LogP contribution is 2.32. The highest BCUT2D eigenvalue weighted by atomic mass is 16.5. The fraction of sp³-hybridized carbons (Fsp3) is 0.217. The number of benzene rings is 2. The number of nitrogens with one attached hydrogen (secondary N) is 1. The number of hydrogen-bond donors (Lipinski definition) is 1. The normalized spacial score (nSPS) is 15.5. The Morgan fingerprint density at radius 2 is 1.79 bits per heavy atom. The molecule has 0 fully saturated rings. The highest BCUT2D eigenvalue weighted by molar-refractivity contribution is 6.03. The minimum absolute atomic E-state index is 0.0323. The Bertz CT molecular complexity index is 1060. The van der Waals surface area contributed by atoms with E-state index < -0.39 is 0 Å². The zero-order valence-corrected chi connectivity index (χ0v) is 16.3. The van der Waals surface area contributed by atoms with Crippen LogP contribution in [0.2, 0.25) is 0 Å². The zero-order valence-electron chi connectivity index (χ0n) is 16.3. The monoisotopic (exact) mass is 387 g/mol. The molecule has 0 radical (unpaired) electrons. The summed E-state index contributed by atoms with van der Waals surface area (Å²) in [6.45, 7) is 2.04. The summed E-state index contributed by atoms with van der Waals surface area (Å²) in [4.78, 5) is 33.7. The first kappa shape index (κ1) is 18.8. The molecule has 1 unspecified atom stereocenters. The largest absolute Gasteiger partial charge is 0.497 e. The van der Waals surface area contributed by atoms with E-state index in [0.717, 1.165) is 5.56 Å². The van der Waals surface area contributed by atoms with Crippen molar-refractivity contribution in [3.8, 4) is 5.75 Å². The smallest absolute Gasteiger partial charge is 0.258 e. The van der Waals surface area contributed by atoms with Crippen LogP contribution in [-0.4, -0.2) is 28.8 Å². The number of rotatable bonds is 4. The Hall–Kier alpha value is -3.54. The van der Waals surface area contributed by atoms with E-state index in [1.54, 1.807) is 31.4 Å². The Morgan fingerprint density at radius 1 is 1.07 bits per heavy atom. The second kappa shape index (κ2) is 7.83. The van der Waals surface area contributed by atoms with Gasteiger partial charge in [0.05, 0.1) is 18.4 Å². The summed E-state index contributed by atoms with van der Waals surface area (Å²) in [6.07, 6.45) is 2.59. The number of carbonyl (C=O) groups is 2. The SMILES string of the molecule is COc1ccc(C(=O)Nc2ncc3c(n2)CC(c2ccc(C)cc2)CC3=O)cc1. The molecule has 6 nitrogen and oxygen atoms in total. The maximum absolute atomic E-state index is 12.6. The third-order valence-corrected chi connectivity index (χ3v) is 5.17. The quantitative estimate of drug-likeness (QED) is 0.733. The molecular weight excluding hydrogens is 366 g/mol. The van der Waals surface area contributed by atoms with Crippen LogP contribution >= 0.6 is 0 Å². The first-order valence-corrected chi connectivity index (χ1v) is 9.44. The Kier molecular flexibility index (Phi) is 5.08. The number of hydrogen-bond acceptors (Lipinski definition) is 5. The summed E-state index contributed by atoms with van der Waals surface area (Å²) < 4.78 is 5.10. The number of ketones is 1. The fourth-order valence-corrected chi connectivity index (χ4v) is 3.50. The van der Waals surface area contributed by atoms with E-state index in [-0.39, 0.29) is 23.6 Å². The molecule has 1 aliphatic rings. The van der Waals surface area contributed by atoms with E-state index in [9.17, 15) is 9.59 Å². The molecule has 3 aromatic rings. The molecule has 4 rings (SSSR count). The molecule has 0 spiro atoms. The molecule has 0 saturated carbocycles. The maximum atomic E-state index is 12.6. The van der Waals surface area contributed by atoms with Gasteiger partial charge in [-0.15, -0.1) is 0 Å². The van der Waals surface area contributed by atoms with Gasteiger partial charge >= 0.3 is 0 Å². The summed E-state index contributed by atoms with van der Waals surface area (Å²) in [6, 6.07) is 15.0. The number of fused-ring (bicyclic) bond motifs is 1.